The van der Waals surface area contributed by atoms with Crippen molar-refractivity contribution >= 4 is 23.8 Å². The van der Waals surface area contributed by atoms with Crippen molar-refractivity contribution in [3.63, 3.8) is 0 Å². The summed E-state index contributed by atoms with van der Waals surface area (Å²) in [5.41, 5.74) is 0. The van der Waals surface area contributed by atoms with Gasteiger partial charge in [0.15, 0.2) is 0 Å². The fourth-order valence-electron chi connectivity index (χ4n) is 3.84. The van der Waals surface area contributed by atoms with Gasteiger partial charge in [-0.15, -0.1) is 0 Å². The normalized spacial score (nSPS) is 11.2. The molecule has 0 aromatic rings. The van der Waals surface area contributed by atoms with Crippen molar-refractivity contribution in [2.45, 2.75) is 44.9 Å². The second kappa shape index (κ2) is 43.2. The molecule has 54 heavy (non-hydrogen) atoms. The molecule has 0 bridgehead atoms. The highest BCUT2D eigenvalue weighted by Crippen LogP contribution is 2.01. The van der Waals surface area contributed by atoms with E-state index in [1.165, 1.54) is 0 Å². The minimum Gasteiger partial charge on any atom is -0.481 e. The Morgan fingerprint density at radius 2 is 0.630 bits per heavy atom. The van der Waals surface area contributed by atoms with E-state index in [1.807, 2.05) is 0 Å². The van der Waals surface area contributed by atoms with Crippen molar-refractivity contribution in [2.24, 2.45) is 0 Å². The van der Waals surface area contributed by atoms with Gasteiger partial charge < -0.3 is 72.4 Å². The Hall–Kier alpha value is -2.56. The van der Waals surface area contributed by atoms with E-state index in [-0.39, 0.29) is 50.8 Å². The third-order valence-electron chi connectivity index (χ3n) is 6.59. The van der Waals surface area contributed by atoms with E-state index in [9.17, 15) is 19.2 Å². The number of carboxylic acids is 2. The number of ether oxygens (including phenoxy) is 12. The molecule has 0 saturated heterocycles. The zero-order valence-corrected chi connectivity index (χ0v) is 31.8. The Balaban J connectivity index is 3.12. The number of carbonyl (C=O) groups is 4. The first kappa shape index (κ1) is 51.4. The Kier molecular flexibility index (Phi) is 41.1. The predicted molar refractivity (Wildman–Crippen MR) is 191 cm³/mol. The number of carbonyl (C=O) groups excluding carboxylic acids is 2. The average molecular weight is 788 g/mol. The number of amides is 1. The van der Waals surface area contributed by atoms with Crippen LogP contribution in [0.2, 0.25) is 0 Å². The van der Waals surface area contributed by atoms with Gasteiger partial charge in [0.2, 0.25) is 5.91 Å². The fourth-order valence-corrected chi connectivity index (χ4v) is 3.84. The van der Waals surface area contributed by atoms with Gasteiger partial charge in [-0.3, -0.25) is 19.2 Å². The molecule has 1 amide bonds. The molecule has 0 aliphatic carbocycles. The Morgan fingerprint density at radius 3 is 0.963 bits per heavy atom. The van der Waals surface area contributed by atoms with Crippen LogP contribution in [-0.4, -0.2) is 193 Å². The van der Waals surface area contributed by atoms with Crippen LogP contribution in [0.15, 0.2) is 0 Å². The highest BCUT2D eigenvalue weighted by Gasteiger charge is 2.05. The molecular formula is C35H65NO18. The van der Waals surface area contributed by atoms with E-state index in [0.717, 1.165) is 0 Å². The molecule has 0 aliphatic heterocycles. The second-order valence-electron chi connectivity index (χ2n) is 11.2. The van der Waals surface area contributed by atoms with Crippen LogP contribution in [0, 0.1) is 0 Å². The van der Waals surface area contributed by atoms with Gasteiger partial charge in [0.1, 0.15) is 6.61 Å². The fraction of sp³-hybridized carbons (Fsp3) is 0.886. The SMILES string of the molecule is O=C(O)CCCCC(=O)OCCOCCOCCOCCOCCOCCOCCOCCOCCOCCOCCOCCCNC(=O)CCC(=O)O. The van der Waals surface area contributed by atoms with E-state index in [0.29, 0.717) is 165 Å². The second-order valence-corrected chi connectivity index (χ2v) is 11.2. The van der Waals surface area contributed by atoms with Gasteiger partial charge in [-0.05, 0) is 19.3 Å². The number of aliphatic carboxylic acids is 2. The van der Waals surface area contributed by atoms with Gasteiger partial charge in [0.05, 0.1) is 145 Å². The molecule has 0 atom stereocenters. The summed E-state index contributed by atoms with van der Waals surface area (Å²) in [6, 6.07) is 0. The molecule has 318 valence electrons. The number of esters is 1. The highest BCUT2D eigenvalue weighted by molar-refractivity contribution is 5.80. The topological polar surface area (TPSA) is 232 Å². The van der Waals surface area contributed by atoms with Gasteiger partial charge in [0, 0.05) is 32.4 Å². The van der Waals surface area contributed by atoms with Crippen molar-refractivity contribution in [2.75, 3.05) is 159 Å². The summed E-state index contributed by atoms with van der Waals surface area (Å²) in [6.45, 7) is 10.3. The highest BCUT2D eigenvalue weighted by atomic mass is 16.6. The number of nitrogens with one attached hydrogen (secondary N) is 1. The standard InChI is InChI=1S/C35H65NO18/c37-32(6-7-34(40)41)36-8-3-9-43-10-11-44-12-13-45-14-15-46-16-17-47-18-19-48-20-21-49-22-23-50-24-25-51-26-27-52-28-29-53-30-31-54-35(42)5-2-1-4-33(38)39/h1-31H2,(H,36,37)(H,38,39)(H,40,41). The zero-order valence-electron chi connectivity index (χ0n) is 31.8. The van der Waals surface area contributed by atoms with Gasteiger partial charge in [-0.2, -0.15) is 0 Å². The number of unbranched alkanes of at least 4 members (excludes halogenated alkanes) is 1. The van der Waals surface area contributed by atoms with E-state index in [2.05, 4.69) is 5.32 Å². The van der Waals surface area contributed by atoms with Gasteiger partial charge in [-0.1, -0.05) is 0 Å². The molecule has 0 radical (unpaired) electrons. The average Bonchev–Trinajstić information content (AvgIpc) is 3.15. The number of hydrogen-bond acceptors (Lipinski definition) is 16. The third-order valence-corrected chi connectivity index (χ3v) is 6.59. The maximum atomic E-state index is 11.5. The van der Waals surface area contributed by atoms with Crippen molar-refractivity contribution < 1.29 is 86.2 Å². The molecule has 0 saturated carbocycles. The van der Waals surface area contributed by atoms with Crippen molar-refractivity contribution in [3.8, 4) is 0 Å². The quantitative estimate of drug-likeness (QED) is 0.0570. The summed E-state index contributed by atoms with van der Waals surface area (Å²) in [5, 5.41) is 19.7. The van der Waals surface area contributed by atoms with Crippen molar-refractivity contribution in [1.82, 2.24) is 5.32 Å². The van der Waals surface area contributed by atoms with Crippen LogP contribution in [0.3, 0.4) is 0 Å². The first-order chi connectivity index (χ1) is 26.4. The summed E-state index contributed by atoms with van der Waals surface area (Å²) in [7, 11) is 0. The van der Waals surface area contributed by atoms with E-state index in [4.69, 9.17) is 67.1 Å². The minimum atomic E-state index is -0.989. The third kappa shape index (κ3) is 45.6. The summed E-state index contributed by atoms with van der Waals surface area (Å²) in [6.07, 6.45) is 1.66. The minimum absolute atomic E-state index is 0.0176. The molecule has 0 spiro atoms. The molecule has 19 nitrogen and oxygen atoms in total. The van der Waals surface area contributed by atoms with Gasteiger partial charge >= 0.3 is 17.9 Å². The smallest absolute Gasteiger partial charge is 0.305 e. The first-order valence-corrected chi connectivity index (χ1v) is 18.6. The number of rotatable bonds is 45. The predicted octanol–water partition coefficient (Wildman–Crippen LogP) is 0.728. The Morgan fingerprint density at radius 1 is 0.333 bits per heavy atom. The summed E-state index contributed by atoms with van der Waals surface area (Å²) < 4.78 is 64.8. The van der Waals surface area contributed by atoms with Crippen LogP contribution < -0.4 is 5.32 Å². The molecule has 0 heterocycles. The van der Waals surface area contributed by atoms with Crippen molar-refractivity contribution in [3.05, 3.63) is 0 Å². The largest absolute Gasteiger partial charge is 0.481 e. The lowest BCUT2D eigenvalue weighted by Gasteiger charge is -2.09. The molecule has 0 rings (SSSR count). The molecule has 0 aromatic carbocycles. The lowest BCUT2D eigenvalue weighted by atomic mass is 10.2. The monoisotopic (exact) mass is 787 g/mol. The van der Waals surface area contributed by atoms with Crippen LogP contribution in [-0.2, 0) is 76.0 Å². The molecule has 3 N–H and O–H groups in total. The Bertz CT molecular complexity index is 868. The van der Waals surface area contributed by atoms with Crippen LogP contribution in [0.25, 0.3) is 0 Å². The van der Waals surface area contributed by atoms with Crippen LogP contribution in [0.1, 0.15) is 44.9 Å². The molecule has 19 heteroatoms. The van der Waals surface area contributed by atoms with Gasteiger partial charge in [0.25, 0.3) is 0 Å². The molecule has 0 fully saturated rings. The molecule has 0 aliphatic rings. The molecule has 0 aromatic heterocycles. The maximum Gasteiger partial charge on any atom is 0.305 e. The van der Waals surface area contributed by atoms with E-state index >= 15 is 0 Å². The maximum absolute atomic E-state index is 11.5. The molecule has 0 unspecified atom stereocenters. The lowest BCUT2D eigenvalue weighted by molar-refractivity contribution is -0.146. The zero-order chi connectivity index (χ0) is 39.4. The van der Waals surface area contributed by atoms with Crippen LogP contribution in [0.5, 0.6) is 0 Å². The number of hydrogen-bond donors (Lipinski definition) is 3. The number of carboxylic acid groups (broad SMARTS) is 2. The van der Waals surface area contributed by atoms with E-state index < -0.39 is 11.9 Å². The molecular weight excluding hydrogens is 722 g/mol. The van der Waals surface area contributed by atoms with Gasteiger partial charge in [-0.25, -0.2) is 0 Å². The first-order valence-electron chi connectivity index (χ1n) is 18.6. The van der Waals surface area contributed by atoms with E-state index in [1.54, 1.807) is 0 Å². The van der Waals surface area contributed by atoms with Crippen LogP contribution in [0.4, 0.5) is 0 Å². The summed E-state index contributed by atoms with van der Waals surface area (Å²) >= 11 is 0. The van der Waals surface area contributed by atoms with Crippen LogP contribution >= 0.6 is 0 Å². The lowest BCUT2D eigenvalue weighted by Crippen LogP contribution is -2.25. The summed E-state index contributed by atoms with van der Waals surface area (Å²) in [4.78, 5) is 43.7. The van der Waals surface area contributed by atoms with Crippen molar-refractivity contribution in [1.29, 1.82) is 0 Å². The Labute approximate surface area is 318 Å². The summed E-state index contributed by atoms with van der Waals surface area (Å²) in [5.74, 6) is -2.49.